The van der Waals surface area contributed by atoms with Gasteiger partial charge in [-0.15, -0.1) is 5.10 Å². The molecule has 0 aliphatic heterocycles. The van der Waals surface area contributed by atoms with Gasteiger partial charge >= 0.3 is 0 Å². The molecule has 1 aromatic carbocycles. The molecule has 0 fully saturated rings. The molecule has 0 atom stereocenters. The number of rotatable bonds is 6. The third-order valence-electron chi connectivity index (χ3n) is 3.44. The third kappa shape index (κ3) is 4.32. The standard InChI is InChI=1S/C17H20N8O/c1-4-18-17-19-11(2)9-15(22-17)20-12-5-7-13(8-6-12)21-16(26)14-10-25(3)24-23-14/h5-10H,4H2,1-3H3,(H,21,26)(H2,18,19,20,22). The molecule has 0 aliphatic carbocycles. The minimum atomic E-state index is -0.305. The molecule has 0 unspecified atom stereocenters. The number of carbonyl (C=O) groups is 1. The molecule has 0 radical (unpaired) electrons. The van der Waals surface area contributed by atoms with Crippen molar-refractivity contribution in [2.75, 3.05) is 22.5 Å². The number of hydrogen-bond donors (Lipinski definition) is 3. The highest BCUT2D eigenvalue weighted by Gasteiger charge is 2.10. The molecule has 0 saturated heterocycles. The summed E-state index contributed by atoms with van der Waals surface area (Å²) in [4.78, 5) is 20.8. The molecule has 3 N–H and O–H groups in total. The van der Waals surface area contributed by atoms with Gasteiger partial charge in [0.15, 0.2) is 5.69 Å². The highest BCUT2D eigenvalue weighted by molar-refractivity contribution is 6.02. The lowest BCUT2D eigenvalue weighted by Gasteiger charge is -2.10. The van der Waals surface area contributed by atoms with Crippen LogP contribution in [0.4, 0.5) is 23.1 Å². The number of nitrogens with one attached hydrogen (secondary N) is 3. The molecular weight excluding hydrogens is 332 g/mol. The van der Waals surface area contributed by atoms with E-state index < -0.39 is 0 Å². The molecule has 1 amide bonds. The van der Waals surface area contributed by atoms with Crippen LogP contribution in [0.3, 0.4) is 0 Å². The second-order valence-electron chi connectivity index (χ2n) is 5.68. The highest BCUT2D eigenvalue weighted by atomic mass is 16.2. The number of hydrogen-bond acceptors (Lipinski definition) is 7. The zero-order valence-corrected chi connectivity index (χ0v) is 14.8. The van der Waals surface area contributed by atoms with Gasteiger partial charge in [0, 0.05) is 36.7 Å². The summed E-state index contributed by atoms with van der Waals surface area (Å²) in [7, 11) is 1.71. The molecular formula is C17H20N8O. The Balaban J connectivity index is 1.67. The van der Waals surface area contributed by atoms with Crippen LogP contribution < -0.4 is 16.0 Å². The zero-order valence-electron chi connectivity index (χ0n) is 14.8. The molecule has 9 heteroatoms. The van der Waals surface area contributed by atoms with Crippen LogP contribution in [-0.2, 0) is 7.05 Å². The maximum Gasteiger partial charge on any atom is 0.277 e. The lowest BCUT2D eigenvalue weighted by molar-refractivity contribution is 0.102. The van der Waals surface area contributed by atoms with Crippen molar-refractivity contribution in [2.45, 2.75) is 13.8 Å². The summed E-state index contributed by atoms with van der Waals surface area (Å²) in [5, 5.41) is 16.6. The van der Waals surface area contributed by atoms with E-state index in [4.69, 9.17) is 0 Å². The second kappa shape index (κ2) is 7.60. The van der Waals surface area contributed by atoms with E-state index in [-0.39, 0.29) is 11.6 Å². The van der Waals surface area contributed by atoms with E-state index in [9.17, 15) is 4.79 Å². The van der Waals surface area contributed by atoms with Gasteiger partial charge in [-0.3, -0.25) is 9.48 Å². The van der Waals surface area contributed by atoms with Gasteiger partial charge < -0.3 is 16.0 Å². The number of benzene rings is 1. The number of aromatic nitrogens is 5. The lowest BCUT2D eigenvalue weighted by Crippen LogP contribution is -2.12. The topological polar surface area (TPSA) is 110 Å². The maximum atomic E-state index is 12.1. The number of amides is 1. The average molecular weight is 352 g/mol. The number of anilines is 4. The van der Waals surface area contributed by atoms with Gasteiger partial charge in [0.2, 0.25) is 5.95 Å². The quantitative estimate of drug-likeness (QED) is 0.624. The van der Waals surface area contributed by atoms with Gasteiger partial charge in [-0.05, 0) is 38.1 Å². The van der Waals surface area contributed by atoms with E-state index >= 15 is 0 Å². The Bertz CT molecular complexity index is 903. The summed E-state index contributed by atoms with van der Waals surface area (Å²) in [6.45, 7) is 4.66. The average Bonchev–Trinajstić information content (AvgIpc) is 3.03. The van der Waals surface area contributed by atoms with Gasteiger partial charge in [-0.1, -0.05) is 5.21 Å². The molecule has 2 aromatic heterocycles. The third-order valence-corrected chi connectivity index (χ3v) is 3.44. The van der Waals surface area contributed by atoms with Crippen molar-refractivity contribution in [1.82, 2.24) is 25.0 Å². The largest absolute Gasteiger partial charge is 0.354 e. The molecule has 2 heterocycles. The second-order valence-corrected chi connectivity index (χ2v) is 5.68. The minimum Gasteiger partial charge on any atom is -0.354 e. The van der Waals surface area contributed by atoms with Crippen molar-refractivity contribution in [3.8, 4) is 0 Å². The van der Waals surface area contributed by atoms with E-state index in [0.29, 0.717) is 17.5 Å². The summed E-state index contributed by atoms with van der Waals surface area (Å²) < 4.78 is 1.48. The molecule has 0 bridgehead atoms. The van der Waals surface area contributed by atoms with Crippen LogP contribution in [0, 0.1) is 6.92 Å². The van der Waals surface area contributed by atoms with Crippen LogP contribution >= 0.6 is 0 Å². The SMILES string of the molecule is CCNc1nc(C)cc(Nc2ccc(NC(=O)c3cn(C)nn3)cc2)n1. The number of carbonyl (C=O) groups excluding carboxylic acids is 1. The first-order chi connectivity index (χ1) is 12.5. The molecule has 3 aromatic rings. The Morgan fingerprint density at radius 2 is 1.88 bits per heavy atom. The Morgan fingerprint density at radius 1 is 1.15 bits per heavy atom. The van der Waals surface area contributed by atoms with Crippen molar-refractivity contribution >= 4 is 29.0 Å². The van der Waals surface area contributed by atoms with Gasteiger partial charge in [0.05, 0.1) is 6.20 Å². The predicted molar refractivity (Wildman–Crippen MR) is 99.6 cm³/mol. The predicted octanol–water partition coefficient (Wildman–Crippen LogP) is 2.34. The molecule has 134 valence electrons. The molecule has 0 aliphatic rings. The smallest absolute Gasteiger partial charge is 0.277 e. The Hall–Kier alpha value is -3.49. The summed E-state index contributed by atoms with van der Waals surface area (Å²) in [6, 6.07) is 9.18. The van der Waals surface area contributed by atoms with Crippen LogP contribution in [0.5, 0.6) is 0 Å². The van der Waals surface area contributed by atoms with Crippen LogP contribution in [0.15, 0.2) is 36.5 Å². The Labute approximate surface area is 150 Å². The van der Waals surface area contributed by atoms with E-state index in [1.165, 1.54) is 4.68 Å². The van der Waals surface area contributed by atoms with E-state index in [2.05, 4.69) is 36.2 Å². The van der Waals surface area contributed by atoms with Gasteiger partial charge in [-0.2, -0.15) is 4.98 Å². The summed E-state index contributed by atoms with van der Waals surface area (Å²) in [5.41, 5.74) is 2.65. The summed E-state index contributed by atoms with van der Waals surface area (Å²) in [6.07, 6.45) is 1.56. The van der Waals surface area contributed by atoms with Gasteiger partial charge in [0.1, 0.15) is 5.82 Å². The maximum absolute atomic E-state index is 12.1. The first-order valence-electron chi connectivity index (χ1n) is 8.18. The summed E-state index contributed by atoms with van der Waals surface area (Å²) in [5.74, 6) is 0.980. The molecule has 9 nitrogen and oxygen atoms in total. The van der Waals surface area contributed by atoms with Crippen molar-refractivity contribution in [2.24, 2.45) is 7.05 Å². The minimum absolute atomic E-state index is 0.266. The normalized spacial score (nSPS) is 10.4. The fraction of sp³-hybridized carbons (Fsp3) is 0.235. The number of aryl methyl sites for hydroxylation is 2. The Morgan fingerprint density at radius 3 is 2.54 bits per heavy atom. The number of nitrogens with zero attached hydrogens (tertiary/aromatic N) is 5. The van der Waals surface area contributed by atoms with E-state index in [1.807, 2.05) is 32.0 Å². The monoisotopic (exact) mass is 352 g/mol. The molecule has 0 saturated carbocycles. The van der Waals surface area contributed by atoms with Crippen molar-refractivity contribution in [3.05, 3.63) is 47.9 Å². The molecule has 0 spiro atoms. The highest BCUT2D eigenvalue weighted by Crippen LogP contribution is 2.19. The fourth-order valence-electron chi connectivity index (χ4n) is 2.30. The lowest BCUT2D eigenvalue weighted by atomic mass is 10.2. The van der Waals surface area contributed by atoms with Crippen LogP contribution in [-0.4, -0.2) is 37.4 Å². The first kappa shape index (κ1) is 17.3. The molecule has 26 heavy (non-hydrogen) atoms. The Kier molecular flexibility index (Phi) is 5.07. The fourth-order valence-corrected chi connectivity index (χ4v) is 2.30. The van der Waals surface area contributed by atoms with E-state index in [1.54, 1.807) is 25.4 Å². The van der Waals surface area contributed by atoms with Crippen molar-refractivity contribution < 1.29 is 4.79 Å². The van der Waals surface area contributed by atoms with Crippen molar-refractivity contribution in [3.63, 3.8) is 0 Å². The molecule has 3 rings (SSSR count). The van der Waals surface area contributed by atoms with Crippen molar-refractivity contribution in [1.29, 1.82) is 0 Å². The first-order valence-corrected chi connectivity index (χ1v) is 8.18. The van der Waals surface area contributed by atoms with Crippen LogP contribution in [0.2, 0.25) is 0 Å². The zero-order chi connectivity index (χ0) is 18.5. The van der Waals surface area contributed by atoms with E-state index in [0.717, 1.165) is 17.9 Å². The van der Waals surface area contributed by atoms with Gasteiger partial charge in [-0.25, -0.2) is 4.98 Å². The summed E-state index contributed by atoms with van der Waals surface area (Å²) >= 11 is 0. The van der Waals surface area contributed by atoms with Crippen LogP contribution in [0.1, 0.15) is 23.1 Å². The van der Waals surface area contributed by atoms with Crippen LogP contribution in [0.25, 0.3) is 0 Å². The van der Waals surface area contributed by atoms with Gasteiger partial charge in [0.25, 0.3) is 5.91 Å².